The van der Waals surface area contributed by atoms with Crippen molar-refractivity contribution in [1.29, 1.82) is 0 Å². The predicted octanol–water partition coefficient (Wildman–Crippen LogP) is 6.03. The molecule has 1 atom stereocenters. The Morgan fingerprint density at radius 3 is 2.44 bits per heavy atom. The molecule has 3 nitrogen and oxygen atoms in total. The summed E-state index contributed by atoms with van der Waals surface area (Å²) >= 11 is 0. The maximum Gasteiger partial charge on any atom is 0.209 e. The number of anilines is 1. The molecule has 0 unspecified atom stereocenters. The standard InChI is InChI=1S/C24H21N3/c1-2-8-16(9-3-1)23-19-12-6-7-13-20(19)25-24-26-21-14-17-10-4-5-11-18(17)15-22(21)27(23)24/h1-5,8-11,14-15,23H,6-7,12-13H2,(H,25,26)/t23-/m0/s1. The normalized spacial score (nSPS) is 19.0. The summed E-state index contributed by atoms with van der Waals surface area (Å²) in [5.74, 6) is 0.981. The predicted molar refractivity (Wildman–Crippen MR) is 111 cm³/mol. The summed E-state index contributed by atoms with van der Waals surface area (Å²) < 4.78 is 2.42. The van der Waals surface area contributed by atoms with E-state index in [1.165, 1.54) is 46.0 Å². The first-order valence-electron chi connectivity index (χ1n) is 9.83. The van der Waals surface area contributed by atoms with Crippen LogP contribution in [-0.2, 0) is 0 Å². The second-order valence-corrected chi connectivity index (χ2v) is 7.64. The summed E-state index contributed by atoms with van der Waals surface area (Å²) in [6.45, 7) is 0. The van der Waals surface area contributed by atoms with E-state index in [-0.39, 0.29) is 6.04 Å². The molecule has 2 heterocycles. The molecule has 0 amide bonds. The second-order valence-electron chi connectivity index (χ2n) is 7.64. The molecular weight excluding hydrogens is 330 g/mol. The zero-order chi connectivity index (χ0) is 17.8. The topological polar surface area (TPSA) is 29.9 Å². The molecule has 2 aliphatic rings. The Morgan fingerprint density at radius 2 is 1.59 bits per heavy atom. The van der Waals surface area contributed by atoms with Crippen LogP contribution in [0.25, 0.3) is 21.8 Å². The summed E-state index contributed by atoms with van der Waals surface area (Å²) in [4.78, 5) is 4.99. The van der Waals surface area contributed by atoms with E-state index >= 15 is 0 Å². The summed E-state index contributed by atoms with van der Waals surface area (Å²) in [5.41, 5.74) is 6.55. The molecule has 132 valence electrons. The molecule has 3 aromatic carbocycles. The molecule has 1 N–H and O–H groups in total. The first-order valence-corrected chi connectivity index (χ1v) is 9.83. The Kier molecular flexibility index (Phi) is 3.18. The maximum absolute atomic E-state index is 4.99. The van der Waals surface area contributed by atoms with Crippen molar-refractivity contribution in [3.63, 3.8) is 0 Å². The number of hydrogen-bond donors (Lipinski definition) is 1. The van der Waals surface area contributed by atoms with Crippen molar-refractivity contribution in [3.8, 4) is 0 Å². The van der Waals surface area contributed by atoms with Crippen molar-refractivity contribution in [2.45, 2.75) is 31.7 Å². The molecular formula is C24H21N3. The zero-order valence-corrected chi connectivity index (χ0v) is 15.2. The molecule has 0 bridgehead atoms. The van der Waals surface area contributed by atoms with E-state index < -0.39 is 0 Å². The number of rotatable bonds is 1. The summed E-state index contributed by atoms with van der Waals surface area (Å²) in [7, 11) is 0. The van der Waals surface area contributed by atoms with Gasteiger partial charge >= 0.3 is 0 Å². The van der Waals surface area contributed by atoms with Crippen LogP contribution in [0.3, 0.4) is 0 Å². The molecule has 4 aromatic rings. The van der Waals surface area contributed by atoms with Crippen LogP contribution < -0.4 is 5.32 Å². The minimum absolute atomic E-state index is 0.240. The molecule has 27 heavy (non-hydrogen) atoms. The van der Waals surface area contributed by atoms with Gasteiger partial charge in [-0.3, -0.25) is 4.57 Å². The Balaban J connectivity index is 1.66. The van der Waals surface area contributed by atoms with Crippen LogP contribution in [0, 0.1) is 0 Å². The van der Waals surface area contributed by atoms with Gasteiger partial charge in [-0.15, -0.1) is 0 Å². The number of aromatic nitrogens is 2. The largest absolute Gasteiger partial charge is 0.329 e. The van der Waals surface area contributed by atoms with Gasteiger partial charge < -0.3 is 5.32 Å². The van der Waals surface area contributed by atoms with Crippen molar-refractivity contribution < 1.29 is 0 Å². The summed E-state index contributed by atoms with van der Waals surface area (Å²) in [5, 5.41) is 6.19. The lowest BCUT2D eigenvalue weighted by molar-refractivity contribution is 0.564. The van der Waals surface area contributed by atoms with Crippen molar-refractivity contribution >= 4 is 27.8 Å². The van der Waals surface area contributed by atoms with Gasteiger partial charge in [0.1, 0.15) is 0 Å². The van der Waals surface area contributed by atoms with Gasteiger partial charge in [0.05, 0.1) is 17.1 Å². The van der Waals surface area contributed by atoms with Gasteiger partial charge in [0.25, 0.3) is 0 Å². The van der Waals surface area contributed by atoms with E-state index in [1.54, 1.807) is 0 Å². The number of nitrogens with zero attached hydrogens (tertiary/aromatic N) is 2. The highest BCUT2D eigenvalue weighted by Gasteiger charge is 2.32. The molecule has 1 aliphatic heterocycles. The van der Waals surface area contributed by atoms with Gasteiger partial charge in [-0.1, -0.05) is 54.6 Å². The highest BCUT2D eigenvalue weighted by Crippen LogP contribution is 2.44. The third-order valence-corrected chi connectivity index (χ3v) is 6.03. The number of hydrogen-bond acceptors (Lipinski definition) is 2. The SMILES string of the molecule is c1ccc([C@H]2C3=C(CCCC3)Nc3nc4cc5ccccc5cc4n32)cc1. The fraction of sp³-hybridized carbons (Fsp3) is 0.208. The number of benzene rings is 3. The van der Waals surface area contributed by atoms with Crippen LogP contribution in [0.2, 0.25) is 0 Å². The maximum atomic E-state index is 4.99. The molecule has 3 heteroatoms. The lowest BCUT2D eigenvalue weighted by atomic mass is 9.86. The number of imidazole rings is 1. The Labute approximate surface area is 158 Å². The van der Waals surface area contributed by atoms with E-state index in [0.29, 0.717) is 0 Å². The first kappa shape index (κ1) is 15.0. The summed E-state index contributed by atoms with van der Waals surface area (Å²) in [6.07, 6.45) is 4.82. The number of nitrogens with one attached hydrogen (secondary N) is 1. The van der Waals surface area contributed by atoms with Gasteiger partial charge in [0.2, 0.25) is 5.95 Å². The molecule has 0 saturated heterocycles. The van der Waals surface area contributed by atoms with Crippen molar-refractivity contribution in [2.24, 2.45) is 0 Å². The van der Waals surface area contributed by atoms with E-state index in [1.807, 2.05) is 0 Å². The average Bonchev–Trinajstić information content (AvgIpc) is 3.07. The van der Waals surface area contributed by atoms with Crippen LogP contribution in [-0.4, -0.2) is 9.55 Å². The quantitative estimate of drug-likeness (QED) is 0.453. The van der Waals surface area contributed by atoms with Crippen LogP contribution in [0.15, 0.2) is 78.0 Å². The number of allylic oxidation sites excluding steroid dienone is 2. The van der Waals surface area contributed by atoms with E-state index in [4.69, 9.17) is 4.98 Å². The zero-order valence-electron chi connectivity index (χ0n) is 15.2. The third kappa shape index (κ3) is 2.24. The molecule has 0 fully saturated rings. The monoisotopic (exact) mass is 351 g/mol. The van der Waals surface area contributed by atoms with E-state index in [0.717, 1.165) is 24.3 Å². The lowest BCUT2D eigenvalue weighted by Gasteiger charge is -2.34. The Bertz CT molecular complexity index is 1200. The van der Waals surface area contributed by atoms with Gasteiger partial charge in [0, 0.05) is 5.70 Å². The van der Waals surface area contributed by atoms with Crippen molar-refractivity contribution in [1.82, 2.24) is 9.55 Å². The second kappa shape index (κ2) is 5.71. The summed E-state index contributed by atoms with van der Waals surface area (Å²) in [6, 6.07) is 24.2. The smallest absolute Gasteiger partial charge is 0.209 e. The highest BCUT2D eigenvalue weighted by atomic mass is 15.3. The molecule has 0 saturated carbocycles. The van der Waals surface area contributed by atoms with Gasteiger partial charge in [-0.25, -0.2) is 4.98 Å². The lowest BCUT2D eigenvalue weighted by Crippen LogP contribution is -2.26. The molecule has 6 rings (SSSR count). The molecule has 1 aliphatic carbocycles. The van der Waals surface area contributed by atoms with Crippen LogP contribution >= 0.6 is 0 Å². The minimum Gasteiger partial charge on any atom is -0.329 e. The van der Waals surface area contributed by atoms with Gasteiger partial charge in [0.15, 0.2) is 0 Å². The molecule has 1 aromatic heterocycles. The van der Waals surface area contributed by atoms with E-state index in [9.17, 15) is 0 Å². The fourth-order valence-corrected chi connectivity index (χ4v) is 4.78. The third-order valence-electron chi connectivity index (χ3n) is 6.03. The first-order chi connectivity index (χ1) is 13.4. The van der Waals surface area contributed by atoms with Crippen LogP contribution in [0.4, 0.5) is 5.95 Å². The van der Waals surface area contributed by atoms with Crippen LogP contribution in [0.5, 0.6) is 0 Å². The Hall–Kier alpha value is -3.07. The van der Waals surface area contributed by atoms with Crippen molar-refractivity contribution in [2.75, 3.05) is 5.32 Å². The molecule has 0 spiro atoms. The average molecular weight is 351 g/mol. The number of fused-ring (bicyclic) bond motifs is 4. The van der Waals surface area contributed by atoms with Crippen molar-refractivity contribution in [3.05, 3.63) is 83.6 Å². The minimum atomic E-state index is 0.240. The fourth-order valence-electron chi connectivity index (χ4n) is 4.78. The highest BCUT2D eigenvalue weighted by molar-refractivity contribution is 5.96. The van der Waals surface area contributed by atoms with E-state index in [2.05, 4.69) is 76.6 Å². The van der Waals surface area contributed by atoms with Crippen LogP contribution in [0.1, 0.15) is 37.3 Å². The Morgan fingerprint density at radius 1 is 0.852 bits per heavy atom. The van der Waals surface area contributed by atoms with Gasteiger partial charge in [-0.05, 0) is 59.7 Å². The molecule has 0 radical (unpaired) electrons. The van der Waals surface area contributed by atoms with Gasteiger partial charge in [-0.2, -0.15) is 0 Å².